The average Bonchev–Trinajstić information content (AvgIpc) is 2.33. The topological polar surface area (TPSA) is 63.4 Å². The molecule has 2 N–H and O–H groups in total. The second kappa shape index (κ2) is 4.83. The molecule has 1 aliphatic heterocycles. The fourth-order valence-electron chi connectivity index (χ4n) is 2.15. The van der Waals surface area contributed by atoms with Gasteiger partial charge in [-0.05, 0) is 43.5 Å². The van der Waals surface area contributed by atoms with Gasteiger partial charge in [-0.25, -0.2) is 8.42 Å². The molecule has 100 valence electrons. The first kappa shape index (κ1) is 13.8. The van der Waals surface area contributed by atoms with E-state index in [4.69, 9.17) is 5.73 Å². The molecule has 18 heavy (non-hydrogen) atoms. The molecule has 1 heterocycles. The lowest BCUT2D eigenvalue weighted by molar-refractivity contribution is 0.387. The molecule has 0 amide bonds. The van der Waals surface area contributed by atoms with Crippen molar-refractivity contribution in [3.05, 3.63) is 27.7 Å². The smallest absolute Gasteiger partial charge is 0.216 e. The monoisotopic (exact) mass is 332 g/mol. The van der Waals surface area contributed by atoms with Gasteiger partial charge in [0.2, 0.25) is 10.0 Å². The summed E-state index contributed by atoms with van der Waals surface area (Å²) in [6.45, 7) is 4.31. The zero-order valence-corrected chi connectivity index (χ0v) is 12.9. The highest BCUT2D eigenvalue weighted by molar-refractivity contribution is 9.10. The third kappa shape index (κ3) is 2.29. The molecule has 0 fully saturated rings. The zero-order chi connectivity index (χ0) is 13.5. The highest BCUT2D eigenvalue weighted by atomic mass is 79.9. The highest BCUT2D eigenvalue weighted by Gasteiger charge is 2.30. The molecule has 0 bridgehead atoms. The van der Waals surface area contributed by atoms with Crippen LogP contribution in [0.25, 0.3) is 0 Å². The number of nitrogen functional groups attached to an aromatic ring is 1. The molecule has 0 saturated heterocycles. The minimum Gasteiger partial charge on any atom is -0.398 e. The van der Waals surface area contributed by atoms with Gasteiger partial charge in [-0.3, -0.25) is 0 Å². The van der Waals surface area contributed by atoms with Gasteiger partial charge >= 0.3 is 0 Å². The van der Waals surface area contributed by atoms with Crippen LogP contribution in [0, 0.1) is 0 Å². The lowest BCUT2D eigenvalue weighted by atomic mass is 9.99. The van der Waals surface area contributed by atoms with Gasteiger partial charge in [-0.15, -0.1) is 0 Å². The lowest BCUT2D eigenvalue weighted by Gasteiger charge is -2.30. The Balaban J connectivity index is 2.39. The molecule has 0 spiro atoms. The van der Waals surface area contributed by atoms with Crippen molar-refractivity contribution in [3.8, 4) is 0 Å². The molecule has 1 aromatic rings. The van der Waals surface area contributed by atoms with E-state index in [0.717, 1.165) is 15.6 Å². The van der Waals surface area contributed by atoms with Crippen molar-refractivity contribution in [2.24, 2.45) is 0 Å². The number of fused-ring (bicyclic) bond motifs is 1. The quantitative estimate of drug-likeness (QED) is 0.844. The van der Waals surface area contributed by atoms with E-state index >= 15 is 0 Å². The number of hydrogen-bond donors (Lipinski definition) is 1. The minimum atomic E-state index is -3.21. The van der Waals surface area contributed by atoms with Crippen LogP contribution in [0.3, 0.4) is 0 Å². The summed E-state index contributed by atoms with van der Waals surface area (Å²) in [7, 11) is -3.21. The zero-order valence-electron chi connectivity index (χ0n) is 10.5. The van der Waals surface area contributed by atoms with Crippen molar-refractivity contribution in [2.75, 3.05) is 12.3 Å². The molecular formula is C12H17BrN2O2S. The van der Waals surface area contributed by atoms with Crippen LogP contribution in [0.2, 0.25) is 0 Å². The van der Waals surface area contributed by atoms with Crippen LogP contribution in [0.5, 0.6) is 0 Å². The van der Waals surface area contributed by atoms with E-state index in [1.165, 1.54) is 4.31 Å². The maximum absolute atomic E-state index is 12.2. The van der Waals surface area contributed by atoms with E-state index in [0.29, 0.717) is 25.2 Å². The highest BCUT2D eigenvalue weighted by Crippen LogP contribution is 2.32. The molecule has 0 aromatic heterocycles. The number of sulfonamides is 1. The molecule has 0 atom stereocenters. The molecule has 6 heteroatoms. The SMILES string of the molecule is CC(C)S(=O)(=O)N1CCc2c(Br)ccc(N)c2C1. The van der Waals surface area contributed by atoms with E-state index in [1.807, 2.05) is 12.1 Å². The Bertz CT molecular complexity index is 570. The second-order valence-corrected chi connectivity index (χ2v) is 8.11. The normalized spacial score (nSPS) is 16.9. The van der Waals surface area contributed by atoms with E-state index in [2.05, 4.69) is 15.9 Å². The molecule has 2 rings (SSSR count). The van der Waals surface area contributed by atoms with Gasteiger partial charge in [0.05, 0.1) is 5.25 Å². The number of halogens is 1. The Morgan fingerprint density at radius 2 is 2.00 bits per heavy atom. The fraction of sp³-hybridized carbons (Fsp3) is 0.500. The maximum atomic E-state index is 12.2. The number of anilines is 1. The first-order valence-corrected chi connectivity index (χ1v) is 8.18. The van der Waals surface area contributed by atoms with E-state index in [-0.39, 0.29) is 0 Å². The van der Waals surface area contributed by atoms with E-state index in [1.54, 1.807) is 13.8 Å². The number of hydrogen-bond acceptors (Lipinski definition) is 3. The van der Waals surface area contributed by atoms with Crippen molar-refractivity contribution < 1.29 is 8.42 Å². The van der Waals surface area contributed by atoms with Gasteiger partial charge in [0.1, 0.15) is 0 Å². The van der Waals surface area contributed by atoms with Gasteiger partial charge in [-0.1, -0.05) is 15.9 Å². The summed E-state index contributed by atoms with van der Waals surface area (Å²) in [4.78, 5) is 0. The van der Waals surface area contributed by atoms with Crippen molar-refractivity contribution in [1.29, 1.82) is 0 Å². The maximum Gasteiger partial charge on any atom is 0.216 e. The van der Waals surface area contributed by atoms with Crippen molar-refractivity contribution >= 4 is 31.6 Å². The minimum absolute atomic E-state index is 0.376. The lowest BCUT2D eigenvalue weighted by Crippen LogP contribution is -2.40. The molecule has 0 radical (unpaired) electrons. The van der Waals surface area contributed by atoms with Gasteiger partial charge in [0, 0.05) is 23.2 Å². The fourth-order valence-corrected chi connectivity index (χ4v) is 3.97. The summed E-state index contributed by atoms with van der Waals surface area (Å²) in [5.41, 5.74) is 8.67. The van der Waals surface area contributed by atoms with Gasteiger partial charge in [0.25, 0.3) is 0 Å². The summed E-state index contributed by atoms with van der Waals surface area (Å²) in [5.74, 6) is 0. The number of rotatable bonds is 2. The van der Waals surface area contributed by atoms with Crippen LogP contribution >= 0.6 is 15.9 Å². The van der Waals surface area contributed by atoms with Crippen LogP contribution in [-0.2, 0) is 23.0 Å². The van der Waals surface area contributed by atoms with Gasteiger partial charge in [-0.2, -0.15) is 4.31 Å². The summed E-state index contributed by atoms with van der Waals surface area (Å²) in [5, 5.41) is -0.396. The summed E-state index contributed by atoms with van der Waals surface area (Å²) < 4.78 is 26.9. The number of nitrogens with two attached hydrogens (primary N) is 1. The first-order chi connectivity index (χ1) is 8.34. The summed E-state index contributed by atoms with van der Waals surface area (Å²) >= 11 is 3.49. The molecule has 1 aromatic carbocycles. The first-order valence-electron chi connectivity index (χ1n) is 5.88. The molecule has 4 nitrogen and oxygen atoms in total. The predicted molar refractivity (Wildman–Crippen MR) is 76.7 cm³/mol. The Morgan fingerprint density at radius 3 is 2.61 bits per heavy atom. The van der Waals surface area contributed by atoms with Gasteiger partial charge in [0.15, 0.2) is 0 Å². The summed E-state index contributed by atoms with van der Waals surface area (Å²) in [6.07, 6.45) is 0.701. The van der Waals surface area contributed by atoms with Gasteiger partial charge < -0.3 is 5.73 Å². The van der Waals surface area contributed by atoms with Crippen LogP contribution in [-0.4, -0.2) is 24.5 Å². The Labute approximate surface area is 116 Å². The average molecular weight is 333 g/mol. The Morgan fingerprint density at radius 1 is 1.33 bits per heavy atom. The van der Waals surface area contributed by atoms with Crippen LogP contribution in [0.1, 0.15) is 25.0 Å². The molecule has 1 aliphatic rings. The molecule has 0 saturated carbocycles. The second-order valence-electron chi connectivity index (χ2n) is 4.77. The Hall–Kier alpha value is -0.590. The van der Waals surface area contributed by atoms with Crippen LogP contribution < -0.4 is 5.73 Å². The Kier molecular flexibility index (Phi) is 3.71. The molecule has 0 aliphatic carbocycles. The van der Waals surface area contributed by atoms with Crippen LogP contribution in [0.15, 0.2) is 16.6 Å². The molecular weight excluding hydrogens is 316 g/mol. The number of nitrogens with zero attached hydrogens (tertiary/aromatic N) is 1. The summed E-state index contributed by atoms with van der Waals surface area (Å²) in [6, 6.07) is 3.73. The van der Waals surface area contributed by atoms with Crippen molar-refractivity contribution in [1.82, 2.24) is 4.31 Å². The molecule has 0 unspecified atom stereocenters. The van der Waals surface area contributed by atoms with Crippen molar-refractivity contribution in [3.63, 3.8) is 0 Å². The predicted octanol–water partition coefficient (Wildman–Crippen LogP) is 2.13. The van der Waals surface area contributed by atoms with E-state index in [9.17, 15) is 8.42 Å². The largest absolute Gasteiger partial charge is 0.398 e. The van der Waals surface area contributed by atoms with E-state index < -0.39 is 15.3 Å². The third-order valence-corrected chi connectivity index (χ3v) is 6.28. The van der Waals surface area contributed by atoms with Crippen LogP contribution in [0.4, 0.5) is 5.69 Å². The third-order valence-electron chi connectivity index (χ3n) is 3.31. The number of benzene rings is 1. The van der Waals surface area contributed by atoms with Crippen molar-refractivity contribution in [2.45, 2.75) is 32.1 Å². The standard InChI is InChI=1S/C12H17BrN2O2S/c1-8(2)18(16,17)15-6-5-9-10(7-15)12(14)4-3-11(9)13/h3-4,8H,5-7,14H2,1-2H3.